The molecule has 0 bridgehead atoms. The van der Waals surface area contributed by atoms with Gasteiger partial charge in [0.2, 0.25) is 5.88 Å². The molecule has 1 amide bonds. The molecule has 3 rings (SSSR count). The molecule has 0 aliphatic rings. The Kier molecular flexibility index (Phi) is 6.94. The van der Waals surface area contributed by atoms with Gasteiger partial charge in [-0.25, -0.2) is 27.0 Å². The molecule has 0 fully saturated rings. The van der Waals surface area contributed by atoms with Crippen molar-refractivity contribution in [3.05, 3.63) is 76.5 Å². The lowest BCUT2D eigenvalue weighted by Gasteiger charge is -2.16. The van der Waals surface area contributed by atoms with Gasteiger partial charge < -0.3 is 15.2 Å². The minimum Gasteiger partial charge on any atom is -0.478 e. The SMILES string of the molecule is C[C@H](NC(=O)c1c(C(F)F)nn(C)c1Oc1cccc(C(C)(F)F)c1)c1ccc(C(=O)O)cc1. The number of aryl methyl sites for hydroxylation is 1. The fourth-order valence-electron chi connectivity index (χ4n) is 3.22. The van der Waals surface area contributed by atoms with Crippen molar-refractivity contribution in [3.8, 4) is 11.6 Å². The Morgan fingerprint density at radius 3 is 2.35 bits per heavy atom. The van der Waals surface area contributed by atoms with Crippen molar-refractivity contribution in [1.82, 2.24) is 15.1 Å². The summed E-state index contributed by atoms with van der Waals surface area (Å²) in [4.78, 5) is 24.0. The van der Waals surface area contributed by atoms with E-state index in [1.165, 1.54) is 49.5 Å². The predicted octanol–water partition coefficient (Wildman–Crippen LogP) is 5.45. The molecule has 2 aromatic carbocycles. The standard InChI is InChI=1S/C23H21F4N3O4/c1-12(13-7-9-14(10-8-13)22(32)33)28-20(31)17-18(19(24)25)29-30(3)21(17)34-16-6-4-5-15(11-16)23(2,26)27/h4-12,19H,1-3H3,(H,28,31)(H,32,33)/t12-/m0/s1. The van der Waals surface area contributed by atoms with Crippen LogP contribution in [0, 0.1) is 0 Å². The Morgan fingerprint density at radius 2 is 1.79 bits per heavy atom. The van der Waals surface area contributed by atoms with Crippen molar-refractivity contribution in [2.24, 2.45) is 7.05 Å². The quantitative estimate of drug-likeness (QED) is 0.419. The molecule has 11 heteroatoms. The smallest absolute Gasteiger partial charge is 0.335 e. The summed E-state index contributed by atoms with van der Waals surface area (Å²) >= 11 is 0. The second-order valence-corrected chi connectivity index (χ2v) is 7.63. The Morgan fingerprint density at radius 1 is 1.15 bits per heavy atom. The number of carboxylic acids is 1. The molecular formula is C23H21F4N3O4. The summed E-state index contributed by atoms with van der Waals surface area (Å²) in [5, 5.41) is 15.2. The molecule has 1 atom stereocenters. The lowest BCUT2D eigenvalue weighted by atomic mass is 10.1. The highest BCUT2D eigenvalue weighted by atomic mass is 19.3. The maximum Gasteiger partial charge on any atom is 0.335 e. The van der Waals surface area contributed by atoms with Crippen LogP contribution in [0.25, 0.3) is 0 Å². The second-order valence-electron chi connectivity index (χ2n) is 7.63. The van der Waals surface area contributed by atoms with Crippen LogP contribution in [0.2, 0.25) is 0 Å². The van der Waals surface area contributed by atoms with Crippen LogP contribution in [-0.4, -0.2) is 26.8 Å². The van der Waals surface area contributed by atoms with Gasteiger partial charge in [0.15, 0.2) is 0 Å². The number of amides is 1. The van der Waals surface area contributed by atoms with E-state index in [2.05, 4.69) is 10.4 Å². The molecule has 1 aromatic heterocycles. The van der Waals surface area contributed by atoms with Gasteiger partial charge >= 0.3 is 5.97 Å². The van der Waals surface area contributed by atoms with Gasteiger partial charge in [-0.3, -0.25) is 4.79 Å². The number of hydrogen-bond acceptors (Lipinski definition) is 4. The summed E-state index contributed by atoms with van der Waals surface area (Å²) in [6.45, 7) is 2.29. The number of benzene rings is 2. The van der Waals surface area contributed by atoms with Gasteiger partial charge in [-0.05, 0) is 36.8 Å². The molecule has 1 heterocycles. The first-order chi connectivity index (χ1) is 15.9. The first kappa shape index (κ1) is 24.7. The summed E-state index contributed by atoms with van der Waals surface area (Å²) in [5.41, 5.74) is -1.16. The number of halogens is 4. The zero-order chi connectivity index (χ0) is 25.2. The van der Waals surface area contributed by atoms with Crippen LogP contribution >= 0.6 is 0 Å². The Balaban J connectivity index is 1.92. The van der Waals surface area contributed by atoms with E-state index < -0.39 is 41.5 Å². The first-order valence-electron chi connectivity index (χ1n) is 10.0. The van der Waals surface area contributed by atoms with Gasteiger partial charge in [0.1, 0.15) is 17.0 Å². The minimum absolute atomic E-state index is 0.0464. The van der Waals surface area contributed by atoms with Crippen LogP contribution in [0.15, 0.2) is 48.5 Å². The van der Waals surface area contributed by atoms with Gasteiger partial charge in [0.05, 0.1) is 11.6 Å². The van der Waals surface area contributed by atoms with Crippen LogP contribution in [-0.2, 0) is 13.0 Å². The third kappa shape index (κ3) is 5.36. The molecule has 3 aromatic rings. The number of hydrogen-bond donors (Lipinski definition) is 2. The Labute approximate surface area is 192 Å². The highest BCUT2D eigenvalue weighted by Gasteiger charge is 2.31. The number of rotatable bonds is 8. The summed E-state index contributed by atoms with van der Waals surface area (Å²) in [6.07, 6.45) is -3.11. The van der Waals surface area contributed by atoms with Gasteiger partial charge in [-0.15, -0.1) is 0 Å². The van der Waals surface area contributed by atoms with Crippen LogP contribution in [0.3, 0.4) is 0 Å². The van der Waals surface area contributed by atoms with E-state index in [1.807, 2.05) is 0 Å². The Hall–Kier alpha value is -3.89. The minimum atomic E-state index is -3.16. The zero-order valence-corrected chi connectivity index (χ0v) is 18.4. The number of nitrogens with one attached hydrogen (secondary N) is 1. The van der Waals surface area contributed by atoms with E-state index in [0.717, 1.165) is 10.7 Å². The number of ether oxygens (including phenoxy) is 1. The summed E-state index contributed by atoms with van der Waals surface area (Å²) < 4.78 is 61.2. The highest BCUT2D eigenvalue weighted by Crippen LogP contribution is 2.35. The first-order valence-corrected chi connectivity index (χ1v) is 10.0. The van der Waals surface area contributed by atoms with Crippen molar-refractivity contribution in [2.45, 2.75) is 32.2 Å². The van der Waals surface area contributed by atoms with Crippen LogP contribution in [0.5, 0.6) is 11.6 Å². The number of carbonyl (C=O) groups is 2. The molecule has 0 saturated heterocycles. The fourth-order valence-corrected chi connectivity index (χ4v) is 3.22. The van der Waals surface area contributed by atoms with Crippen LogP contribution in [0.4, 0.5) is 17.6 Å². The van der Waals surface area contributed by atoms with Crippen LogP contribution in [0.1, 0.15) is 63.9 Å². The number of carboxylic acid groups (broad SMARTS) is 1. The van der Waals surface area contributed by atoms with E-state index in [4.69, 9.17) is 9.84 Å². The number of carbonyl (C=O) groups excluding carboxylic acids is 1. The third-order valence-electron chi connectivity index (χ3n) is 5.02. The van der Waals surface area contributed by atoms with E-state index in [9.17, 15) is 27.2 Å². The second kappa shape index (κ2) is 9.54. The van der Waals surface area contributed by atoms with Crippen molar-refractivity contribution in [1.29, 1.82) is 0 Å². The van der Waals surface area contributed by atoms with Gasteiger partial charge in [0.25, 0.3) is 18.3 Å². The molecule has 0 unspecified atom stereocenters. The molecule has 0 spiro atoms. The summed E-state index contributed by atoms with van der Waals surface area (Å²) in [6, 6.07) is 9.87. The summed E-state index contributed by atoms with van der Waals surface area (Å²) in [7, 11) is 1.28. The van der Waals surface area contributed by atoms with Crippen LogP contribution < -0.4 is 10.1 Å². The molecule has 0 saturated carbocycles. The van der Waals surface area contributed by atoms with Gasteiger partial charge in [-0.1, -0.05) is 24.3 Å². The maximum absolute atomic E-state index is 13.7. The predicted molar refractivity (Wildman–Crippen MR) is 114 cm³/mol. The van der Waals surface area contributed by atoms with E-state index in [0.29, 0.717) is 12.5 Å². The number of nitrogens with zero attached hydrogens (tertiary/aromatic N) is 2. The fraction of sp³-hybridized carbons (Fsp3) is 0.261. The molecule has 180 valence electrons. The molecular weight excluding hydrogens is 458 g/mol. The lowest BCUT2D eigenvalue weighted by molar-refractivity contribution is 0.0172. The third-order valence-corrected chi connectivity index (χ3v) is 5.02. The topological polar surface area (TPSA) is 93.5 Å². The van der Waals surface area contributed by atoms with Gasteiger partial charge in [0, 0.05) is 19.5 Å². The molecule has 0 radical (unpaired) electrons. The molecule has 2 N–H and O–H groups in total. The maximum atomic E-state index is 13.7. The number of aromatic nitrogens is 2. The Bertz CT molecular complexity index is 1200. The zero-order valence-electron chi connectivity index (χ0n) is 18.4. The molecule has 0 aliphatic carbocycles. The highest BCUT2D eigenvalue weighted by molar-refractivity contribution is 5.98. The summed E-state index contributed by atoms with van der Waals surface area (Å²) in [5.74, 6) is -5.64. The molecule has 7 nitrogen and oxygen atoms in total. The van der Waals surface area contributed by atoms with Crippen molar-refractivity contribution >= 4 is 11.9 Å². The average Bonchev–Trinajstić information content (AvgIpc) is 3.09. The monoisotopic (exact) mass is 479 g/mol. The molecule has 0 aliphatic heterocycles. The largest absolute Gasteiger partial charge is 0.478 e. The molecule has 34 heavy (non-hydrogen) atoms. The average molecular weight is 479 g/mol. The van der Waals surface area contributed by atoms with E-state index >= 15 is 0 Å². The van der Waals surface area contributed by atoms with Crippen molar-refractivity contribution in [3.63, 3.8) is 0 Å². The number of alkyl halides is 4. The normalized spacial score (nSPS) is 12.5. The van der Waals surface area contributed by atoms with E-state index in [1.54, 1.807) is 6.92 Å². The van der Waals surface area contributed by atoms with Gasteiger partial charge in [-0.2, -0.15) is 5.10 Å². The lowest BCUT2D eigenvalue weighted by Crippen LogP contribution is -2.27. The van der Waals surface area contributed by atoms with Crippen molar-refractivity contribution in [2.75, 3.05) is 0 Å². The number of aromatic carboxylic acids is 1. The van der Waals surface area contributed by atoms with E-state index in [-0.39, 0.29) is 22.8 Å². The van der Waals surface area contributed by atoms with Crippen molar-refractivity contribution < 1.29 is 37.0 Å².